The van der Waals surface area contributed by atoms with E-state index >= 15 is 0 Å². The first-order valence-electron chi connectivity index (χ1n) is 8.07. The highest BCUT2D eigenvalue weighted by Gasteiger charge is 2.46. The Labute approximate surface area is 143 Å². The van der Waals surface area contributed by atoms with Crippen LogP contribution in [0.2, 0.25) is 26.2 Å². The van der Waals surface area contributed by atoms with Crippen LogP contribution in [0.1, 0.15) is 0 Å². The summed E-state index contributed by atoms with van der Waals surface area (Å²) in [6.45, 7) is 9.10. The third-order valence-electron chi connectivity index (χ3n) is 4.71. The Balaban J connectivity index is 1.91. The van der Waals surface area contributed by atoms with Crippen LogP contribution in [-0.2, 0) is 4.12 Å². The molecule has 0 saturated heterocycles. The van der Waals surface area contributed by atoms with Gasteiger partial charge in [-0.1, -0.05) is 5.21 Å². The number of fused-ring (bicyclic) bond motifs is 2. The molecule has 0 fully saturated rings. The van der Waals surface area contributed by atoms with Gasteiger partial charge in [-0.2, -0.15) is 0 Å². The summed E-state index contributed by atoms with van der Waals surface area (Å²) in [5.74, 6) is 0.832. The van der Waals surface area contributed by atoms with Gasteiger partial charge in [-0.15, -0.1) is 5.10 Å². The summed E-state index contributed by atoms with van der Waals surface area (Å²) in [6.07, 6.45) is 0. The van der Waals surface area contributed by atoms with Crippen molar-refractivity contribution in [2.45, 2.75) is 26.2 Å². The molecule has 2 heterocycles. The molecule has 5 nitrogen and oxygen atoms in total. The van der Waals surface area contributed by atoms with E-state index in [1.807, 2.05) is 28.9 Å². The lowest BCUT2D eigenvalue weighted by Crippen LogP contribution is -2.44. The van der Waals surface area contributed by atoms with Gasteiger partial charge in [0.1, 0.15) is 11.3 Å². The van der Waals surface area contributed by atoms with E-state index in [0.29, 0.717) is 0 Å². The Bertz CT molecular complexity index is 933. The zero-order valence-electron chi connectivity index (χ0n) is 14.6. The topological polar surface area (TPSA) is 49.2 Å². The molecule has 0 unspecified atom stereocenters. The molecule has 0 spiro atoms. The maximum Gasteiger partial charge on any atom is 0.206 e. The second kappa shape index (κ2) is 5.01. The van der Waals surface area contributed by atoms with Crippen molar-refractivity contribution in [3.05, 3.63) is 36.4 Å². The van der Waals surface area contributed by atoms with Gasteiger partial charge in [-0.3, -0.25) is 0 Å². The quantitative estimate of drug-likeness (QED) is 0.662. The van der Waals surface area contributed by atoms with Gasteiger partial charge < -0.3 is 8.85 Å². The van der Waals surface area contributed by atoms with E-state index in [4.69, 9.17) is 8.85 Å². The molecule has 0 N–H and O–H groups in total. The second-order valence-electron chi connectivity index (χ2n) is 7.21. The van der Waals surface area contributed by atoms with Crippen molar-refractivity contribution in [2.24, 2.45) is 0 Å². The van der Waals surface area contributed by atoms with Crippen molar-refractivity contribution in [1.29, 1.82) is 0 Å². The normalized spacial score (nSPS) is 17.9. The number of hydrogen-bond donors (Lipinski definition) is 0. The molecular formula is C17H21N3O2Si2. The minimum Gasteiger partial charge on any atom is -0.497 e. The fourth-order valence-corrected chi connectivity index (χ4v) is 13.8. The van der Waals surface area contributed by atoms with Gasteiger partial charge in [0.05, 0.1) is 18.3 Å². The molecule has 0 saturated carbocycles. The molecule has 124 valence electrons. The van der Waals surface area contributed by atoms with Crippen molar-refractivity contribution in [1.82, 2.24) is 15.0 Å². The van der Waals surface area contributed by atoms with Crippen LogP contribution in [0.3, 0.4) is 0 Å². The fraction of sp³-hybridized carbons (Fsp3) is 0.294. The van der Waals surface area contributed by atoms with Crippen LogP contribution in [0, 0.1) is 0 Å². The highest BCUT2D eigenvalue weighted by atomic mass is 28.4. The standard InChI is InChI=1S/C17H21N3O2Si2/c1-21-13-8-6-12(7-9-13)20-15-11-17-16(10-14(15)18-19-20)23(2,3)22-24(17,4)5/h6-11H,1-5H3. The van der Waals surface area contributed by atoms with Crippen LogP contribution >= 0.6 is 0 Å². The molecule has 2 aromatic carbocycles. The smallest absolute Gasteiger partial charge is 0.206 e. The Morgan fingerprint density at radius 3 is 2.21 bits per heavy atom. The maximum absolute atomic E-state index is 6.53. The molecule has 4 rings (SSSR count). The average Bonchev–Trinajstić information content (AvgIpc) is 3.03. The number of hydrogen-bond acceptors (Lipinski definition) is 4. The molecule has 0 bridgehead atoms. The highest BCUT2D eigenvalue weighted by molar-refractivity contribution is 7.05. The Morgan fingerprint density at radius 2 is 1.58 bits per heavy atom. The van der Waals surface area contributed by atoms with Gasteiger partial charge in [0.2, 0.25) is 16.6 Å². The van der Waals surface area contributed by atoms with Crippen LogP contribution in [0.25, 0.3) is 16.7 Å². The van der Waals surface area contributed by atoms with Crippen molar-refractivity contribution in [3.8, 4) is 11.4 Å². The lowest BCUT2D eigenvalue weighted by atomic mass is 10.2. The van der Waals surface area contributed by atoms with Gasteiger partial charge in [-0.25, -0.2) is 4.68 Å². The molecule has 0 aliphatic carbocycles. The summed E-state index contributed by atoms with van der Waals surface area (Å²) in [5, 5.41) is 11.5. The lowest BCUT2D eigenvalue weighted by Gasteiger charge is -2.22. The van der Waals surface area contributed by atoms with E-state index < -0.39 is 16.6 Å². The number of ether oxygens (including phenoxy) is 1. The van der Waals surface area contributed by atoms with Gasteiger partial charge in [0.25, 0.3) is 0 Å². The van der Waals surface area contributed by atoms with Gasteiger partial charge in [0.15, 0.2) is 0 Å². The third kappa shape index (κ3) is 2.23. The van der Waals surface area contributed by atoms with E-state index in [1.165, 1.54) is 10.4 Å². The summed E-state index contributed by atoms with van der Waals surface area (Å²) < 4.78 is 13.7. The third-order valence-corrected chi connectivity index (χ3v) is 12.5. The first kappa shape index (κ1) is 15.6. The molecule has 7 heteroatoms. The minimum atomic E-state index is -1.85. The van der Waals surface area contributed by atoms with Crippen molar-refractivity contribution in [2.75, 3.05) is 7.11 Å². The Morgan fingerprint density at radius 1 is 0.958 bits per heavy atom. The SMILES string of the molecule is COc1ccc(-n2nnc3cc4c(cc32)[Si](C)(C)O[Si]4(C)C)cc1. The molecular weight excluding hydrogens is 334 g/mol. The first-order valence-corrected chi connectivity index (χ1v) is 13.9. The highest BCUT2D eigenvalue weighted by Crippen LogP contribution is 2.25. The van der Waals surface area contributed by atoms with Crippen LogP contribution in [0.5, 0.6) is 5.75 Å². The monoisotopic (exact) mass is 355 g/mol. The summed E-state index contributed by atoms with van der Waals surface area (Å²) in [6, 6.07) is 12.3. The summed E-state index contributed by atoms with van der Waals surface area (Å²) in [5.41, 5.74) is 2.95. The van der Waals surface area contributed by atoms with Crippen molar-refractivity contribution >= 4 is 38.0 Å². The van der Waals surface area contributed by atoms with Gasteiger partial charge in [-0.05, 0) is 73.0 Å². The molecule has 1 aliphatic rings. The molecule has 1 aliphatic heterocycles. The number of nitrogens with zero attached hydrogens (tertiary/aromatic N) is 3. The molecule has 1 aromatic heterocycles. The zero-order chi connectivity index (χ0) is 17.1. The van der Waals surface area contributed by atoms with Crippen LogP contribution in [-0.4, -0.2) is 38.7 Å². The lowest BCUT2D eigenvalue weighted by molar-refractivity contribution is 0.414. The minimum absolute atomic E-state index is 0.832. The summed E-state index contributed by atoms with van der Waals surface area (Å²) in [4.78, 5) is 0. The van der Waals surface area contributed by atoms with E-state index in [0.717, 1.165) is 22.5 Å². The molecule has 3 aromatic rings. The van der Waals surface area contributed by atoms with E-state index in [2.05, 4.69) is 48.6 Å². The molecule has 24 heavy (non-hydrogen) atoms. The van der Waals surface area contributed by atoms with Crippen LogP contribution < -0.4 is 15.1 Å². The van der Waals surface area contributed by atoms with Gasteiger partial charge in [0, 0.05) is 0 Å². The number of methoxy groups -OCH3 is 1. The van der Waals surface area contributed by atoms with Crippen LogP contribution in [0.4, 0.5) is 0 Å². The maximum atomic E-state index is 6.53. The van der Waals surface area contributed by atoms with Crippen LogP contribution in [0.15, 0.2) is 36.4 Å². The van der Waals surface area contributed by atoms with Crippen molar-refractivity contribution < 1.29 is 8.85 Å². The zero-order valence-corrected chi connectivity index (χ0v) is 16.6. The fourth-order valence-electron chi connectivity index (χ4n) is 3.63. The summed E-state index contributed by atoms with van der Waals surface area (Å²) >= 11 is 0. The first-order chi connectivity index (χ1) is 11.3. The largest absolute Gasteiger partial charge is 0.497 e. The number of rotatable bonds is 2. The Hall–Kier alpha value is -1.97. The van der Waals surface area contributed by atoms with Crippen molar-refractivity contribution in [3.63, 3.8) is 0 Å². The number of aromatic nitrogens is 3. The average molecular weight is 356 g/mol. The Kier molecular flexibility index (Phi) is 3.25. The molecule has 0 atom stereocenters. The van der Waals surface area contributed by atoms with E-state index in [1.54, 1.807) is 7.11 Å². The van der Waals surface area contributed by atoms with Gasteiger partial charge >= 0.3 is 0 Å². The van der Waals surface area contributed by atoms with E-state index in [9.17, 15) is 0 Å². The summed E-state index contributed by atoms with van der Waals surface area (Å²) in [7, 11) is -2.01. The van der Waals surface area contributed by atoms with E-state index in [-0.39, 0.29) is 0 Å². The predicted octanol–water partition coefficient (Wildman–Crippen LogP) is 2.28. The second-order valence-corrected chi connectivity index (χ2v) is 15.1. The molecule has 0 amide bonds. The predicted molar refractivity (Wildman–Crippen MR) is 101 cm³/mol. The number of benzene rings is 2. The molecule has 0 radical (unpaired) electrons.